The molecule has 0 amide bonds. The number of halogens is 1. The first-order valence-corrected chi connectivity index (χ1v) is 6.82. The molecule has 2 saturated heterocycles. The van der Waals surface area contributed by atoms with E-state index < -0.39 is 0 Å². The minimum Gasteiger partial charge on any atom is -0.305 e. The molecule has 13 heavy (non-hydrogen) atoms. The SMILES string of the molecule is CN1CCC2CCN(CCI)C2C1. The zero-order valence-electron chi connectivity index (χ0n) is 8.38. The maximum atomic E-state index is 2.70. The van der Waals surface area contributed by atoms with E-state index in [1.165, 1.54) is 43.4 Å². The van der Waals surface area contributed by atoms with Crippen molar-refractivity contribution in [3.05, 3.63) is 0 Å². The summed E-state index contributed by atoms with van der Waals surface area (Å²) in [5.41, 5.74) is 0. The number of likely N-dealkylation sites (tertiary alicyclic amines) is 2. The molecule has 0 aliphatic carbocycles. The Morgan fingerprint density at radius 1 is 1.31 bits per heavy atom. The third-order valence-electron chi connectivity index (χ3n) is 3.55. The summed E-state index contributed by atoms with van der Waals surface area (Å²) >= 11 is 2.49. The van der Waals surface area contributed by atoms with Crippen molar-refractivity contribution < 1.29 is 0 Å². The predicted molar refractivity (Wildman–Crippen MR) is 64.5 cm³/mol. The van der Waals surface area contributed by atoms with Gasteiger partial charge in [0.15, 0.2) is 0 Å². The van der Waals surface area contributed by atoms with Crippen LogP contribution in [-0.2, 0) is 0 Å². The number of hydrogen-bond acceptors (Lipinski definition) is 2. The van der Waals surface area contributed by atoms with E-state index in [2.05, 4.69) is 39.4 Å². The summed E-state index contributed by atoms with van der Waals surface area (Å²) in [4.78, 5) is 5.19. The molecular formula is C10H19IN2. The first-order chi connectivity index (χ1) is 6.31. The fourth-order valence-electron chi connectivity index (χ4n) is 2.77. The number of rotatable bonds is 2. The van der Waals surface area contributed by atoms with E-state index in [-0.39, 0.29) is 0 Å². The first kappa shape index (κ1) is 10.2. The molecule has 2 atom stereocenters. The van der Waals surface area contributed by atoms with Gasteiger partial charge in [0.25, 0.3) is 0 Å². The summed E-state index contributed by atoms with van der Waals surface area (Å²) in [6.45, 7) is 5.28. The largest absolute Gasteiger partial charge is 0.305 e. The number of fused-ring (bicyclic) bond motifs is 1. The van der Waals surface area contributed by atoms with Crippen molar-refractivity contribution in [2.45, 2.75) is 18.9 Å². The zero-order valence-corrected chi connectivity index (χ0v) is 10.5. The lowest BCUT2D eigenvalue weighted by Crippen LogP contribution is -2.46. The highest BCUT2D eigenvalue weighted by Crippen LogP contribution is 2.30. The second-order valence-electron chi connectivity index (χ2n) is 4.39. The van der Waals surface area contributed by atoms with Crippen LogP contribution in [0.4, 0.5) is 0 Å². The Morgan fingerprint density at radius 3 is 2.85 bits per heavy atom. The van der Waals surface area contributed by atoms with E-state index in [1.54, 1.807) is 0 Å². The second-order valence-corrected chi connectivity index (χ2v) is 5.47. The van der Waals surface area contributed by atoms with E-state index in [9.17, 15) is 0 Å². The molecule has 2 unspecified atom stereocenters. The normalized spacial score (nSPS) is 36.5. The van der Waals surface area contributed by atoms with Crippen LogP contribution in [0.15, 0.2) is 0 Å². The number of likely N-dealkylation sites (N-methyl/N-ethyl adjacent to an activating group) is 1. The first-order valence-electron chi connectivity index (χ1n) is 5.30. The standard InChI is InChI=1S/C10H19IN2/c1-12-5-2-9-3-6-13(7-4-11)10(9)8-12/h9-10H,2-8H2,1H3. The van der Waals surface area contributed by atoms with Gasteiger partial charge in [-0.2, -0.15) is 0 Å². The average Bonchev–Trinajstić information content (AvgIpc) is 2.49. The average molecular weight is 294 g/mol. The molecule has 0 aromatic carbocycles. The highest BCUT2D eigenvalue weighted by atomic mass is 127. The molecular weight excluding hydrogens is 275 g/mol. The van der Waals surface area contributed by atoms with Gasteiger partial charge in [-0.1, -0.05) is 22.6 Å². The van der Waals surface area contributed by atoms with Gasteiger partial charge in [0.1, 0.15) is 0 Å². The van der Waals surface area contributed by atoms with E-state index in [1.807, 2.05) is 0 Å². The van der Waals surface area contributed by atoms with Gasteiger partial charge in [-0.05, 0) is 38.9 Å². The molecule has 2 nitrogen and oxygen atoms in total. The Labute approximate surface area is 94.8 Å². The molecule has 2 heterocycles. The van der Waals surface area contributed by atoms with Gasteiger partial charge in [-0.25, -0.2) is 0 Å². The Kier molecular flexibility index (Phi) is 3.48. The predicted octanol–water partition coefficient (Wildman–Crippen LogP) is 1.45. The second kappa shape index (κ2) is 4.45. The molecule has 3 heteroatoms. The maximum absolute atomic E-state index is 2.70. The van der Waals surface area contributed by atoms with Gasteiger partial charge in [0.2, 0.25) is 0 Å². The minimum atomic E-state index is 0.883. The highest BCUT2D eigenvalue weighted by molar-refractivity contribution is 14.1. The van der Waals surface area contributed by atoms with Crippen molar-refractivity contribution in [1.82, 2.24) is 9.80 Å². The van der Waals surface area contributed by atoms with E-state index in [0.717, 1.165) is 12.0 Å². The third kappa shape index (κ3) is 2.18. The Balaban J connectivity index is 1.94. The zero-order chi connectivity index (χ0) is 9.26. The fourth-order valence-corrected chi connectivity index (χ4v) is 3.39. The molecule has 0 aromatic rings. The van der Waals surface area contributed by atoms with Crippen molar-refractivity contribution in [2.24, 2.45) is 5.92 Å². The van der Waals surface area contributed by atoms with Gasteiger partial charge in [-0.3, -0.25) is 4.90 Å². The van der Waals surface area contributed by atoms with Gasteiger partial charge in [-0.15, -0.1) is 0 Å². The van der Waals surface area contributed by atoms with Crippen LogP contribution in [0.2, 0.25) is 0 Å². The monoisotopic (exact) mass is 294 g/mol. The van der Waals surface area contributed by atoms with Crippen molar-refractivity contribution >= 4 is 22.6 Å². The smallest absolute Gasteiger partial charge is 0.0252 e. The van der Waals surface area contributed by atoms with Gasteiger partial charge in [0.05, 0.1) is 0 Å². The molecule has 0 radical (unpaired) electrons. The molecule has 0 aromatic heterocycles. The Morgan fingerprint density at radius 2 is 2.08 bits per heavy atom. The maximum Gasteiger partial charge on any atom is 0.0252 e. The molecule has 0 spiro atoms. The number of hydrogen-bond donors (Lipinski definition) is 0. The van der Waals surface area contributed by atoms with Crippen LogP contribution < -0.4 is 0 Å². The summed E-state index contributed by atoms with van der Waals surface area (Å²) in [6, 6.07) is 0.883. The number of nitrogens with zero attached hydrogens (tertiary/aromatic N) is 2. The number of alkyl halides is 1. The molecule has 0 N–H and O–H groups in total. The molecule has 2 rings (SSSR count). The molecule has 2 aliphatic heterocycles. The van der Waals surface area contributed by atoms with Gasteiger partial charge >= 0.3 is 0 Å². The molecule has 2 aliphatic rings. The van der Waals surface area contributed by atoms with Crippen LogP contribution >= 0.6 is 22.6 Å². The summed E-state index contributed by atoms with van der Waals surface area (Å²) < 4.78 is 1.28. The third-order valence-corrected chi connectivity index (χ3v) is 4.03. The molecule has 0 bridgehead atoms. The van der Waals surface area contributed by atoms with E-state index in [0.29, 0.717) is 0 Å². The van der Waals surface area contributed by atoms with Crippen LogP contribution in [0.3, 0.4) is 0 Å². The van der Waals surface area contributed by atoms with Crippen LogP contribution in [0.1, 0.15) is 12.8 Å². The van der Waals surface area contributed by atoms with Crippen LogP contribution in [-0.4, -0.2) is 53.5 Å². The van der Waals surface area contributed by atoms with Gasteiger partial charge < -0.3 is 4.90 Å². The van der Waals surface area contributed by atoms with Crippen molar-refractivity contribution in [3.63, 3.8) is 0 Å². The topological polar surface area (TPSA) is 6.48 Å². The van der Waals surface area contributed by atoms with Crippen LogP contribution in [0, 0.1) is 5.92 Å². The van der Waals surface area contributed by atoms with Crippen molar-refractivity contribution in [2.75, 3.05) is 37.7 Å². The quantitative estimate of drug-likeness (QED) is 0.562. The van der Waals surface area contributed by atoms with Crippen molar-refractivity contribution in [1.29, 1.82) is 0 Å². The molecule has 2 fully saturated rings. The fraction of sp³-hybridized carbons (Fsp3) is 1.00. The van der Waals surface area contributed by atoms with Crippen LogP contribution in [0.25, 0.3) is 0 Å². The van der Waals surface area contributed by atoms with Crippen molar-refractivity contribution in [3.8, 4) is 0 Å². The summed E-state index contributed by atoms with van der Waals surface area (Å²) in [6.07, 6.45) is 2.88. The summed E-state index contributed by atoms with van der Waals surface area (Å²) in [5.74, 6) is 1.01. The van der Waals surface area contributed by atoms with Crippen LogP contribution in [0.5, 0.6) is 0 Å². The summed E-state index contributed by atoms with van der Waals surface area (Å²) in [7, 11) is 2.26. The Bertz CT molecular complexity index is 174. The van der Waals surface area contributed by atoms with E-state index in [4.69, 9.17) is 0 Å². The minimum absolute atomic E-state index is 0.883. The molecule has 76 valence electrons. The lowest BCUT2D eigenvalue weighted by molar-refractivity contribution is 0.128. The lowest BCUT2D eigenvalue weighted by atomic mass is 9.92. The molecule has 0 saturated carbocycles. The summed E-state index contributed by atoms with van der Waals surface area (Å²) in [5, 5.41) is 0. The Hall–Kier alpha value is 0.650. The van der Waals surface area contributed by atoms with Gasteiger partial charge in [0, 0.05) is 23.6 Å². The lowest BCUT2D eigenvalue weighted by Gasteiger charge is -2.36. The van der Waals surface area contributed by atoms with E-state index >= 15 is 0 Å². The number of piperidine rings is 1. The highest BCUT2D eigenvalue weighted by Gasteiger charge is 2.36.